The highest BCUT2D eigenvalue weighted by Gasteiger charge is 2.37. The second kappa shape index (κ2) is 9.99. The standard InChI is InChI=1S/C19H28BrNO2/c1-4-5-6-7-8-9-11-14-19(23,18(22)16(2)3)21-15-12-10-13-17(21)20/h10,12-13,15H,2,4-9,11,14H2,1,3H3. The molecule has 0 N–H and O–H groups in total. The first-order chi connectivity index (χ1) is 10.9. The Kier molecular flexibility index (Phi) is 8.71. The lowest BCUT2D eigenvalue weighted by Crippen LogP contribution is -2.70. The van der Waals surface area contributed by atoms with Gasteiger partial charge in [-0.2, -0.15) is 4.57 Å². The van der Waals surface area contributed by atoms with E-state index in [9.17, 15) is 9.90 Å². The van der Waals surface area contributed by atoms with Gasteiger partial charge >= 0.3 is 0 Å². The van der Waals surface area contributed by atoms with Crippen LogP contribution in [-0.2, 0) is 10.5 Å². The summed E-state index contributed by atoms with van der Waals surface area (Å²) >= 11 is 3.38. The number of carbonyl (C=O) groups is 1. The van der Waals surface area contributed by atoms with Crippen molar-refractivity contribution in [1.29, 1.82) is 0 Å². The van der Waals surface area contributed by atoms with Gasteiger partial charge in [0.1, 0.15) is 0 Å². The van der Waals surface area contributed by atoms with Gasteiger partial charge in [-0.15, -0.1) is 0 Å². The predicted octanol–water partition coefficient (Wildman–Crippen LogP) is 4.04. The molecule has 1 aromatic rings. The van der Waals surface area contributed by atoms with Crippen LogP contribution in [0.4, 0.5) is 0 Å². The number of pyridine rings is 1. The molecule has 0 aliphatic carbocycles. The Labute approximate surface area is 148 Å². The van der Waals surface area contributed by atoms with E-state index in [-0.39, 0.29) is 0 Å². The van der Waals surface area contributed by atoms with Gasteiger partial charge in [-0.3, -0.25) is 4.79 Å². The van der Waals surface area contributed by atoms with Gasteiger partial charge in [-0.25, -0.2) is 0 Å². The number of halogens is 1. The second-order valence-electron chi connectivity index (χ2n) is 6.16. The van der Waals surface area contributed by atoms with Crippen LogP contribution in [0.1, 0.15) is 65.2 Å². The summed E-state index contributed by atoms with van der Waals surface area (Å²) in [6.07, 6.45) is 9.78. The first-order valence-electron chi connectivity index (χ1n) is 8.51. The van der Waals surface area contributed by atoms with E-state index >= 15 is 0 Å². The molecule has 0 saturated carbocycles. The maximum absolute atomic E-state index is 13.3. The molecule has 0 aromatic carbocycles. The zero-order valence-corrected chi connectivity index (χ0v) is 15.9. The molecule has 0 bridgehead atoms. The number of nitrogens with zero attached hydrogens (tertiary/aromatic N) is 1. The molecule has 23 heavy (non-hydrogen) atoms. The van der Waals surface area contributed by atoms with Crippen molar-refractivity contribution in [3.8, 4) is 0 Å². The first kappa shape index (κ1) is 20.0. The lowest BCUT2D eigenvalue weighted by molar-refractivity contribution is -0.888. The number of aromatic nitrogens is 1. The fourth-order valence-corrected chi connectivity index (χ4v) is 3.27. The van der Waals surface area contributed by atoms with Crippen molar-refractivity contribution < 1.29 is 14.5 Å². The molecule has 0 aliphatic heterocycles. The van der Waals surface area contributed by atoms with Gasteiger partial charge in [-0.05, 0) is 25.0 Å². The molecule has 0 radical (unpaired) electrons. The molecule has 1 rings (SSSR count). The van der Waals surface area contributed by atoms with Crippen LogP contribution >= 0.6 is 15.9 Å². The molecule has 1 heterocycles. The van der Waals surface area contributed by atoms with Crippen LogP contribution in [0, 0.1) is 0 Å². The van der Waals surface area contributed by atoms with Crippen molar-refractivity contribution in [3.63, 3.8) is 0 Å². The fraction of sp³-hybridized carbons (Fsp3) is 0.579. The van der Waals surface area contributed by atoms with Crippen molar-refractivity contribution in [3.05, 3.63) is 41.2 Å². The Balaban J connectivity index is 2.73. The lowest BCUT2D eigenvalue weighted by Gasteiger charge is -2.33. The third-order valence-electron chi connectivity index (χ3n) is 4.06. The molecule has 0 amide bonds. The third-order valence-corrected chi connectivity index (χ3v) is 4.71. The Bertz CT molecular complexity index is 530. The Morgan fingerprint density at radius 2 is 1.83 bits per heavy atom. The number of hydrogen-bond donors (Lipinski definition) is 0. The van der Waals surface area contributed by atoms with Crippen molar-refractivity contribution in [2.75, 3.05) is 0 Å². The summed E-state index contributed by atoms with van der Waals surface area (Å²) in [5.41, 5.74) is -1.50. The van der Waals surface area contributed by atoms with Gasteiger partial charge < -0.3 is 5.11 Å². The summed E-state index contributed by atoms with van der Waals surface area (Å²) in [5.74, 6) is -0.430. The average molecular weight is 382 g/mol. The van der Waals surface area contributed by atoms with Crippen LogP contribution in [0.3, 0.4) is 0 Å². The van der Waals surface area contributed by atoms with Crippen molar-refractivity contribution in [2.24, 2.45) is 0 Å². The predicted molar refractivity (Wildman–Crippen MR) is 94.7 cm³/mol. The van der Waals surface area contributed by atoms with Crippen LogP contribution in [0.5, 0.6) is 0 Å². The van der Waals surface area contributed by atoms with E-state index in [2.05, 4.69) is 29.4 Å². The molecular weight excluding hydrogens is 354 g/mol. The lowest BCUT2D eigenvalue weighted by atomic mass is 9.95. The Hall–Kier alpha value is -1.00. The van der Waals surface area contributed by atoms with E-state index < -0.39 is 11.5 Å². The van der Waals surface area contributed by atoms with E-state index in [1.165, 1.54) is 30.3 Å². The maximum atomic E-state index is 13.3. The monoisotopic (exact) mass is 381 g/mol. The summed E-state index contributed by atoms with van der Waals surface area (Å²) in [6, 6.07) is 5.39. The molecule has 0 aliphatic rings. The molecule has 1 aromatic heterocycles. The second-order valence-corrected chi connectivity index (χ2v) is 6.97. The van der Waals surface area contributed by atoms with Gasteiger partial charge in [0.2, 0.25) is 10.4 Å². The van der Waals surface area contributed by atoms with Gasteiger partial charge in [0, 0.05) is 34.5 Å². The van der Waals surface area contributed by atoms with Crippen molar-refractivity contribution >= 4 is 21.7 Å². The zero-order chi connectivity index (χ0) is 17.3. The van der Waals surface area contributed by atoms with Gasteiger partial charge in [0.15, 0.2) is 11.9 Å². The first-order valence-corrected chi connectivity index (χ1v) is 9.30. The van der Waals surface area contributed by atoms with E-state index in [1.54, 1.807) is 25.3 Å². The quantitative estimate of drug-likeness (QED) is 0.251. The molecule has 4 heteroatoms. The van der Waals surface area contributed by atoms with Crippen LogP contribution < -0.4 is 9.67 Å². The van der Waals surface area contributed by atoms with Gasteiger partial charge in [0.05, 0.1) is 0 Å². The van der Waals surface area contributed by atoms with Crippen LogP contribution in [-0.4, -0.2) is 5.78 Å². The van der Waals surface area contributed by atoms with Crippen molar-refractivity contribution in [1.82, 2.24) is 0 Å². The topological polar surface area (TPSA) is 44.0 Å². The highest BCUT2D eigenvalue weighted by atomic mass is 79.9. The number of ketones is 1. The number of unbranched alkanes of at least 4 members (excludes halogenated alkanes) is 6. The minimum absolute atomic E-state index is 0.291. The summed E-state index contributed by atoms with van der Waals surface area (Å²) < 4.78 is 2.11. The Morgan fingerprint density at radius 3 is 2.39 bits per heavy atom. The minimum Gasteiger partial charge on any atom is -0.789 e. The fourth-order valence-electron chi connectivity index (χ4n) is 2.71. The molecule has 128 valence electrons. The third kappa shape index (κ3) is 5.85. The molecule has 1 unspecified atom stereocenters. The summed E-state index contributed by atoms with van der Waals surface area (Å²) in [7, 11) is 0. The SMILES string of the molecule is C=C(C)C(=O)C([O-])(CCCCCCCCC)[n+]1ccccc1Br. The van der Waals surface area contributed by atoms with E-state index in [0.29, 0.717) is 16.6 Å². The molecule has 0 saturated heterocycles. The van der Waals surface area contributed by atoms with Gasteiger partial charge in [0.25, 0.3) is 0 Å². The molecule has 1 atom stereocenters. The van der Waals surface area contributed by atoms with E-state index in [0.717, 1.165) is 19.3 Å². The molecule has 0 fully saturated rings. The normalized spacial score (nSPS) is 13.6. The Morgan fingerprint density at radius 1 is 1.22 bits per heavy atom. The van der Waals surface area contributed by atoms with E-state index in [1.807, 2.05) is 6.07 Å². The number of hydrogen-bond acceptors (Lipinski definition) is 2. The smallest absolute Gasteiger partial charge is 0.247 e. The molecule has 3 nitrogen and oxygen atoms in total. The minimum atomic E-state index is -1.81. The maximum Gasteiger partial charge on any atom is 0.247 e. The van der Waals surface area contributed by atoms with Crippen LogP contribution in [0.25, 0.3) is 0 Å². The summed E-state index contributed by atoms with van der Waals surface area (Å²) in [4.78, 5) is 12.5. The van der Waals surface area contributed by atoms with Gasteiger partial charge in [-0.1, -0.05) is 52.0 Å². The summed E-state index contributed by atoms with van der Waals surface area (Å²) in [5, 5.41) is 13.3. The highest BCUT2D eigenvalue weighted by Crippen LogP contribution is 2.20. The summed E-state index contributed by atoms with van der Waals surface area (Å²) in [6.45, 7) is 7.48. The average Bonchev–Trinajstić information content (AvgIpc) is 2.53. The largest absolute Gasteiger partial charge is 0.789 e. The molecule has 0 spiro atoms. The number of Topliss-reactive ketones (excluding diaryl/α,β-unsaturated/α-hetero) is 1. The van der Waals surface area contributed by atoms with E-state index in [4.69, 9.17) is 0 Å². The van der Waals surface area contributed by atoms with Crippen LogP contribution in [0.15, 0.2) is 41.2 Å². The van der Waals surface area contributed by atoms with Crippen molar-refractivity contribution in [2.45, 2.75) is 70.9 Å². The molecular formula is C19H28BrNO2. The zero-order valence-electron chi connectivity index (χ0n) is 14.3. The highest BCUT2D eigenvalue weighted by molar-refractivity contribution is 9.10. The number of rotatable bonds is 11. The van der Waals surface area contributed by atoms with Crippen LogP contribution in [0.2, 0.25) is 0 Å². The number of carbonyl (C=O) groups excluding carboxylic acids is 1.